The first-order chi connectivity index (χ1) is 12.7. The maximum Gasteiger partial charge on any atom is 0.261 e. The molecule has 0 fully saturated rings. The van der Waals surface area contributed by atoms with Gasteiger partial charge in [-0.05, 0) is 12.1 Å². The molecule has 0 aliphatic carbocycles. The van der Waals surface area contributed by atoms with Gasteiger partial charge in [0.2, 0.25) is 11.1 Å². The van der Waals surface area contributed by atoms with Crippen molar-refractivity contribution in [2.24, 2.45) is 0 Å². The van der Waals surface area contributed by atoms with Gasteiger partial charge in [-0.1, -0.05) is 54.2 Å². The van der Waals surface area contributed by atoms with Crippen LogP contribution in [0.15, 0.2) is 59.8 Å². The van der Waals surface area contributed by atoms with Crippen LogP contribution < -0.4 is 10.1 Å². The van der Waals surface area contributed by atoms with E-state index in [1.165, 1.54) is 7.11 Å². The number of methoxy groups -OCH3 is 1. The monoisotopic (exact) mass is 368 g/mol. The molecule has 0 spiro atoms. The molecule has 8 heteroatoms. The van der Waals surface area contributed by atoms with Crippen LogP contribution >= 0.6 is 11.8 Å². The molecule has 0 saturated heterocycles. The smallest absolute Gasteiger partial charge is 0.261 e. The van der Waals surface area contributed by atoms with Gasteiger partial charge in [0.25, 0.3) is 5.91 Å². The van der Waals surface area contributed by atoms with Crippen LogP contribution in [0.4, 0.5) is 0 Å². The van der Waals surface area contributed by atoms with Crippen molar-refractivity contribution in [3.8, 4) is 17.1 Å². The van der Waals surface area contributed by atoms with Gasteiger partial charge in [-0.25, -0.2) is 4.98 Å². The first-order valence-electron chi connectivity index (χ1n) is 7.75. The number of para-hydroxylation sites is 1. The molecule has 0 aliphatic heterocycles. The molecule has 0 bridgehead atoms. The number of carbonyl (C=O) groups excluding carboxylic acids is 2. The van der Waals surface area contributed by atoms with E-state index >= 15 is 0 Å². The Kier molecular flexibility index (Phi) is 5.65. The van der Waals surface area contributed by atoms with Gasteiger partial charge < -0.3 is 4.74 Å². The fourth-order valence-electron chi connectivity index (χ4n) is 2.23. The number of nitrogens with zero attached hydrogens (tertiary/aromatic N) is 2. The third-order valence-corrected chi connectivity index (χ3v) is 4.30. The molecule has 132 valence electrons. The molecule has 3 rings (SSSR count). The Labute approximate surface area is 154 Å². The summed E-state index contributed by atoms with van der Waals surface area (Å²) >= 11 is 1.14. The minimum absolute atomic E-state index is 0.0208. The molecule has 26 heavy (non-hydrogen) atoms. The van der Waals surface area contributed by atoms with Gasteiger partial charge in [0.05, 0.1) is 18.4 Å². The summed E-state index contributed by atoms with van der Waals surface area (Å²) < 4.78 is 5.12. The van der Waals surface area contributed by atoms with E-state index in [0.717, 1.165) is 17.3 Å². The van der Waals surface area contributed by atoms with E-state index in [-0.39, 0.29) is 5.75 Å². The number of hydrogen-bond acceptors (Lipinski definition) is 6. The summed E-state index contributed by atoms with van der Waals surface area (Å²) in [7, 11) is 1.47. The zero-order valence-electron chi connectivity index (χ0n) is 13.9. The van der Waals surface area contributed by atoms with Gasteiger partial charge in [-0.2, -0.15) is 0 Å². The number of thioether (sulfide) groups is 1. The molecule has 1 aromatic heterocycles. The average molecular weight is 368 g/mol. The molecular weight excluding hydrogens is 352 g/mol. The van der Waals surface area contributed by atoms with Gasteiger partial charge in [-0.3, -0.25) is 20.0 Å². The lowest BCUT2D eigenvalue weighted by atomic mass is 10.2. The van der Waals surface area contributed by atoms with Gasteiger partial charge in [0.15, 0.2) is 5.82 Å². The Morgan fingerprint density at radius 3 is 2.62 bits per heavy atom. The summed E-state index contributed by atoms with van der Waals surface area (Å²) in [6.45, 7) is 0. The van der Waals surface area contributed by atoms with E-state index in [2.05, 4.69) is 20.5 Å². The molecule has 0 radical (unpaired) electrons. The van der Waals surface area contributed by atoms with Crippen molar-refractivity contribution in [3.05, 3.63) is 60.2 Å². The summed E-state index contributed by atoms with van der Waals surface area (Å²) in [5, 5.41) is 9.67. The molecule has 0 saturated carbocycles. The largest absolute Gasteiger partial charge is 0.496 e. The minimum Gasteiger partial charge on any atom is -0.496 e. The van der Waals surface area contributed by atoms with Crippen molar-refractivity contribution in [2.75, 3.05) is 12.9 Å². The van der Waals surface area contributed by atoms with Crippen LogP contribution in [0.5, 0.6) is 5.75 Å². The number of nitrogens with one attached hydrogen (secondary N) is 2. The Balaban J connectivity index is 1.56. The lowest BCUT2D eigenvalue weighted by molar-refractivity contribution is -0.117. The molecule has 7 nitrogen and oxygen atoms in total. The Morgan fingerprint density at radius 2 is 1.85 bits per heavy atom. The highest BCUT2D eigenvalue weighted by molar-refractivity contribution is 7.99. The quantitative estimate of drug-likeness (QED) is 0.649. The summed E-state index contributed by atoms with van der Waals surface area (Å²) in [6.07, 6.45) is 0. The molecule has 2 N–H and O–H groups in total. The van der Waals surface area contributed by atoms with Crippen molar-refractivity contribution in [1.29, 1.82) is 0 Å². The van der Waals surface area contributed by atoms with Crippen molar-refractivity contribution >= 4 is 23.6 Å². The van der Waals surface area contributed by atoms with Crippen LogP contribution in [-0.2, 0) is 4.79 Å². The molecule has 0 aliphatic rings. The van der Waals surface area contributed by atoms with Gasteiger partial charge in [0.1, 0.15) is 5.75 Å². The number of benzene rings is 2. The summed E-state index contributed by atoms with van der Waals surface area (Å²) in [5.74, 6) is 0.114. The number of amides is 2. The van der Waals surface area contributed by atoms with Crippen LogP contribution in [0, 0.1) is 0 Å². The third kappa shape index (κ3) is 4.28. The first-order valence-corrected chi connectivity index (χ1v) is 8.74. The Morgan fingerprint density at radius 1 is 1.12 bits per heavy atom. The molecule has 1 heterocycles. The lowest BCUT2D eigenvalue weighted by Crippen LogP contribution is -2.32. The Bertz CT molecular complexity index is 912. The number of carbonyl (C=O) groups is 2. The van der Waals surface area contributed by atoms with Crippen molar-refractivity contribution < 1.29 is 14.3 Å². The second kappa shape index (κ2) is 8.30. The molecule has 3 aromatic rings. The fraction of sp³-hybridized carbons (Fsp3) is 0.111. The topological polar surface area (TPSA) is 97.0 Å². The third-order valence-electron chi connectivity index (χ3n) is 3.45. The van der Waals surface area contributed by atoms with E-state index < -0.39 is 11.8 Å². The van der Waals surface area contributed by atoms with Crippen LogP contribution in [0.25, 0.3) is 11.4 Å². The maximum absolute atomic E-state index is 12.2. The predicted octanol–water partition coefficient (Wildman–Crippen LogP) is 2.53. The van der Waals surface area contributed by atoms with Crippen LogP contribution in [0.1, 0.15) is 10.4 Å². The number of hydrogen-bond donors (Lipinski definition) is 2. The summed E-state index contributed by atoms with van der Waals surface area (Å²) in [5.41, 5.74) is 1.21. The lowest BCUT2D eigenvalue weighted by Gasteiger charge is -2.07. The van der Waals surface area contributed by atoms with Crippen molar-refractivity contribution in [3.63, 3.8) is 0 Å². The zero-order chi connectivity index (χ0) is 18.4. The second-order valence-corrected chi connectivity index (χ2v) is 6.14. The van der Waals surface area contributed by atoms with E-state index in [0.29, 0.717) is 22.3 Å². The first kappa shape index (κ1) is 17.7. The van der Waals surface area contributed by atoms with Gasteiger partial charge >= 0.3 is 0 Å². The van der Waals surface area contributed by atoms with E-state index in [1.54, 1.807) is 24.3 Å². The van der Waals surface area contributed by atoms with Crippen LogP contribution in [0.3, 0.4) is 0 Å². The Hall–Kier alpha value is -3.13. The van der Waals surface area contributed by atoms with Crippen molar-refractivity contribution in [2.45, 2.75) is 5.16 Å². The van der Waals surface area contributed by atoms with E-state index in [1.807, 2.05) is 30.3 Å². The second-order valence-electron chi connectivity index (χ2n) is 5.20. The highest BCUT2D eigenvalue weighted by atomic mass is 32.2. The van der Waals surface area contributed by atoms with Gasteiger partial charge in [0, 0.05) is 5.56 Å². The number of H-pyrrole nitrogens is 1. The normalized spacial score (nSPS) is 10.3. The molecule has 0 unspecified atom stereocenters. The highest BCUT2D eigenvalue weighted by Gasteiger charge is 2.15. The van der Waals surface area contributed by atoms with Crippen LogP contribution in [0.2, 0.25) is 0 Å². The van der Waals surface area contributed by atoms with Crippen LogP contribution in [-0.4, -0.2) is 39.9 Å². The van der Waals surface area contributed by atoms with Gasteiger partial charge in [-0.15, -0.1) is 5.10 Å². The van der Waals surface area contributed by atoms with E-state index in [4.69, 9.17) is 4.74 Å². The maximum atomic E-state index is 12.2. The minimum atomic E-state index is -0.506. The number of aromatic nitrogens is 3. The number of aromatic amines is 1. The molecule has 2 amide bonds. The number of ether oxygens (including phenoxy) is 1. The highest BCUT2D eigenvalue weighted by Crippen LogP contribution is 2.19. The van der Waals surface area contributed by atoms with E-state index in [9.17, 15) is 9.59 Å². The fourth-order valence-corrected chi connectivity index (χ4v) is 2.83. The number of rotatable bonds is 6. The zero-order valence-corrected chi connectivity index (χ0v) is 14.7. The standard InChI is InChI=1S/C18H16N4O3S/c1-25-14-10-6-5-9-13(14)17(24)19-15(23)11-26-18-20-16(21-22-18)12-7-3-2-4-8-12/h2-10H,11H2,1H3,(H,19,23,24)(H,20,21,22). The van der Waals surface area contributed by atoms with Crippen molar-refractivity contribution in [1.82, 2.24) is 20.5 Å². The average Bonchev–Trinajstić information content (AvgIpc) is 3.16. The summed E-state index contributed by atoms with van der Waals surface area (Å²) in [6, 6.07) is 16.3. The molecule has 2 aromatic carbocycles. The number of imide groups is 1. The molecular formula is C18H16N4O3S. The predicted molar refractivity (Wildman–Crippen MR) is 98.0 cm³/mol. The summed E-state index contributed by atoms with van der Waals surface area (Å²) in [4.78, 5) is 28.5. The molecule has 0 atom stereocenters. The SMILES string of the molecule is COc1ccccc1C(=O)NC(=O)CSc1n[nH]c(-c2ccccc2)n1.